The summed E-state index contributed by atoms with van der Waals surface area (Å²) in [7, 11) is 0. The van der Waals surface area contributed by atoms with Crippen molar-refractivity contribution in [2.45, 2.75) is 44.2 Å². The summed E-state index contributed by atoms with van der Waals surface area (Å²) in [6.07, 6.45) is 5.02. The van der Waals surface area contributed by atoms with Gasteiger partial charge in [0.15, 0.2) is 0 Å². The Morgan fingerprint density at radius 1 is 1.36 bits per heavy atom. The van der Waals surface area contributed by atoms with Crippen LogP contribution in [0.1, 0.15) is 32.6 Å². The maximum atomic E-state index is 9.55. The van der Waals surface area contributed by atoms with Crippen molar-refractivity contribution in [3.63, 3.8) is 0 Å². The zero-order valence-corrected chi connectivity index (χ0v) is 8.96. The number of aliphatic hydroxyl groups is 1. The van der Waals surface area contributed by atoms with Crippen molar-refractivity contribution >= 4 is 0 Å². The van der Waals surface area contributed by atoms with Crippen LogP contribution < -0.4 is 5.32 Å². The summed E-state index contributed by atoms with van der Waals surface area (Å²) >= 11 is 0. The van der Waals surface area contributed by atoms with E-state index in [0.29, 0.717) is 18.6 Å². The molecule has 3 nitrogen and oxygen atoms in total. The molecule has 0 bridgehead atoms. The van der Waals surface area contributed by atoms with Crippen molar-refractivity contribution in [3.05, 3.63) is 0 Å². The number of rotatable bonds is 7. The van der Waals surface area contributed by atoms with Crippen LogP contribution in [0.3, 0.4) is 0 Å². The Hall–Kier alpha value is -0.120. The molecule has 2 N–H and O–H groups in total. The molecule has 0 aromatic heterocycles. The lowest BCUT2D eigenvalue weighted by Gasteiger charge is -2.33. The van der Waals surface area contributed by atoms with Crippen molar-refractivity contribution in [1.82, 2.24) is 5.32 Å². The molecular weight excluding hydrogens is 178 g/mol. The molecule has 3 heteroatoms. The smallest absolute Gasteiger partial charge is 0.0681 e. The number of aliphatic hydroxyl groups excluding tert-OH is 1. The van der Waals surface area contributed by atoms with E-state index < -0.39 is 0 Å². The van der Waals surface area contributed by atoms with Crippen LogP contribution in [0.25, 0.3) is 0 Å². The summed E-state index contributed by atoms with van der Waals surface area (Å²) in [6.45, 7) is 3.63. The molecule has 0 spiro atoms. The fourth-order valence-corrected chi connectivity index (χ4v) is 2.05. The molecule has 0 heterocycles. The standard InChI is InChI=1S/C11H21NO2/c1-2-14-8-11(7-13,9-3-4-9)12-10-5-6-10/h9-10,12-13H,2-8H2,1H3. The first-order valence-corrected chi connectivity index (χ1v) is 5.77. The molecule has 14 heavy (non-hydrogen) atoms. The van der Waals surface area contributed by atoms with Crippen LogP contribution in [0.15, 0.2) is 0 Å². The summed E-state index contributed by atoms with van der Waals surface area (Å²) in [5.41, 5.74) is -0.128. The van der Waals surface area contributed by atoms with Crippen LogP contribution in [0.2, 0.25) is 0 Å². The maximum Gasteiger partial charge on any atom is 0.0681 e. The average Bonchev–Trinajstić information content (AvgIpc) is 3.02. The monoisotopic (exact) mass is 199 g/mol. The molecule has 0 aromatic rings. The fourth-order valence-electron chi connectivity index (χ4n) is 2.05. The molecule has 0 radical (unpaired) electrons. The lowest BCUT2D eigenvalue weighted by molar-refractivity contribution is 0.0276. The quantitative estimate of drug-likeness (QED) is 0.640. The second-order valence-corrected chi connectivity index (χ2v) is 4.64. The van der Waals surface area contributed by atoms with Gasteiger partial charge in [-0.05, 0) is 38.5 Å². The lowest BCUT2D eigenvalue weighted by Crippen LogP contribution is -2.55. The van der Waals surface area contributed by atoms with E-state index in [4.69, 9.17) is 4.74 Å². The van der Waals surface area contributed by atoms with Gasteiger partial charge in [0.2, 0.25) is 0 Å². The number of hydrogen-bond acceptors (Lipinski definition) is 3. The van der Waals surface area contributed by atoms with Crippen molar-refractivity contribution in [3.8, 4) is 0 Å². The van der Waals surface area contributed by atoms with Gasteiger partial charge in [-0.15, -0.1) is 0 Å². The normalized spacial score (nSPS) is 26.1. The van der Waals surface area contributed by atoms with Gasteiger partial charge in [-0.3, -0.25) is 0 Å². The van der Waals surface area contributed by atoms with Gasteiger partial charge in [-0.2, -0.15) is 0 Å². The van der Waals surface area contributed by atoms with E-state index in [1.54, 1.807) is 0 Å². The van der Waals surface area contributed by atoms with E-state index >= 15 is 0 Å². The van der Waals surface area contributed by atoms with Gasteiger partial charge < -0.3 is 15.2 Å². The molecule has 2 fully saturated rings. The molecule has 2 rings (SSSR count). The highest BCUT2D eigenvalue weighted by Crippen LogP contribution is 2.41. The first kappa shape index (κ1) is 10.4. The van der Waals surface area contributed by atoms with Gasteiger partial charge in [0.05, 0.1) is 18.8 Å². The fraction of sp³-hybridized carbons (Fsp3) is 1.00. The van der Waals surface area contributed by atoms with E-state index in [1.807, 2.05) is 6.92 Å². The molecule has 0 saturated heterocycles. The molecule has 82 valence electrons. The number of ether oxygens (including phenoxy) is 1. The molecule has 2 saturated carbocycles. The van der Waals surface area contributed by atoms with Crippen molar-refractivity contribution in [2.24, 2.45) is 5.92 Å². The Labute approximate surface area is 85.8 Å². The summed E-state index contributed by atoms with van der Waals surface area (Å²) in [4.78, 5) is 0. The van der Waals surface area contributed by atoms with Crippen LogP contribution in [0.4, 0.5) is 0 Å². The lowest BCUT2D eigenvalue weighted by atomic mass is 9.95. The maximum absolute atomic E-state index is 9.55. The highest BCUT2D eigenvalue weighted by atomic mass is 16.5. The van der Waals surface area contributed by atoms with Crippen molar-refractivity contribution < 1.29 is 9.84 Å². The molecule has 0 aliphatic heterocycles. The number of hydrogen-bond donors (Lipinski definition) is 2. The van der Waals surface area contributed by atoms with Crippen LogP contribution in [-0.4, -0.2) is 36.5 Å². The predicted octanol–water partition coefficient (Wildman–Crippen LogP) is 0.916. The van der Waals surface area contributed by atoms with E-state index in [1.165, 1.54) is 25.7 Å². The summed E-state index contributed by atoms with van der Waals surface area (Å²) in [5, 5.41) is 13.1. The first-order chi connectivity index (χ1) is 6.80. The third-order valence-electron chi connectivity index (χ3n) is 3.27. The van der Waals surface area contributed by atoms with Gasteiger partial charge >= 0.3 is 0 Å². The van der Waals surface area contributed by atoms with Gasteiger partial charge in [0.25, 0.3) is 0 Å². The van der Waals surface area contributed by atoms with Crippen LogP contribution >= 0.6 is 0 Å². The topological polar surface area (TPSA) is 41.5 Å². The molecule has 2 aliphatic rings. The Bertz CT molecular complexity index is 190. The summed E-state index contributed by atoms with van der Waals surface area (Å²) in [6, 6.07) is 0.642. The Balaban J connectivity index is 1.91. The largest absolute Gasteiger partial charge is 0.394 e. The average molecular weight is 199 g/mol. The first-order valence-electron chi connectivity index (χ1n) is 5.77. The zero-order chi connectivity index (χ0) is 10.0. The van der Waals surface area contributed by atoms with Gasteiger partial charge in [-0.1, -0.05) is 0 Å². The molecule has 0 aromatic carbocycles. The van der Waals surface area contributed by atoms with Crippen LogP contribution in [-0.2, 0) is 4.74 Å². The van der Waals surface area contributed by atoms with Gasteiger partial charge in [0, 0.05) is 12.6 Å². The van der Waals surface area contributed by atoms with E-state index in [9.17, 15) is 5.11 Å². The molecule has 2 aliphatic carbocycles. The third-order valence-corrected chi connectivity index (χ3v) is 3.27. The molecular formula is C11H21NO2. The number of nitrogens with one attached hydrogen (secondary N) is 1. The predicted molar refractivity (Wildman–Crippen MR) is 55.2 cm³/mol. The van der Waals surface area contributed by atoms with Crippen LogP contribution in [0.5, 0.6) is 0 Å². The molecule has 0 amide bonds. The molecule has 1 unspecified atom stereocenters. The van der Waals surface area contributed by atoms with E-state index in [-0.39, 0.29) is 12.1 Å². The second-order valence-electron chi connectivity index (χ2n) is 4.64. The van der Waals surface area contributed by atoms with Crippen molar-refractivity contribution in [1.29, 1.82) is 0 Å². The van der Waals surface area contributed by atoms with Gasteiger partial charge in [-0.25, -0.2) is 0 Å². The SMILES string of the molecule is CCOCC(CO)(NC1CC1)C1CC1. The van der Waals surface area contributed by atoms with Gasteiger partial charge in [0.1, 0.15) is 0 Å². The minimum Gasteiger partial charge on any atom is -0.394 e. The molecule has 1 atom stereocenters. The highest BCUT2D eigenvalue weighted by molar-refractivity contribution is 5.04. The summed E-state index contributed by atoms with van der Waals surface area (Å²) in [5.74, 6) is 0.639. The minimum absolute atomic E-state index is 0.128. The van der Waals surface area contributed by atoms with Crippen LogP contribution in [0, 0.1) is 5.92 Å². The van der Waals surface area contributed by atoms with E-state index in [2.05, 4.69) is 5.32 Å². The Morgan fingerprint density at radius 3 is 2.50 bits per heavy atom. The highest BCUT2D eigenvalue weighted by Gasteiger charge is 2.47. The van der Waals surface area contributed by atoms with E-state index in [0.717, 1.165) is 6.61 Å². The summed E-state index contributed by atoms with van der Waals surface area (Å²) < 4.78 is 5.50. The minimum atomic E-state index is -0.128. The van der Waals surface area contributed by atoms with Crippen molar-refractivity contribution in [2.75, 3.05) is 19.8 Å². The Kier molecular flexibility index (Phi) is 3.10. The zero-order valence-electron chi connectivity index (χ0n) is 8.96. The third kappa shape index (κ3) is 2.27. The Morgan fingerprint density at radius 2 is 2.07 bits per heavy atom. The second kappa shape index (κ2) is 4.17.